The van der Waals surface area contributed by atoms with Crippen molar-refractivity contribution in [3.63, 3.8) is 0 Å². The first-order valence-corrected chi connectivity index (χ1v) is 20.1. The fourth-order valence-electron chi connectivity index (χ4n) is 8.95. The number of carbonyl (C=O) groups excluding carboxylic acids is 2. The van der Waals surface area contributed by atoms with E-state index in [-0.39, 0.29) is 56.9 Å². The molecule has 0 radical (unpaired) electrons. The van der Waals surface area contributed by atoms with Crippen LogP contribution in [0.15, 0.2) is 106 Å². The number of benzene rings is 3. The zero-order valence-electron chi connectivity index (χ0n) is 35.2. The monoisotopic (exact) mass is 782 g/mol. The molecule has 2 heterocycles. The predicted octanol–water partition coefficient (Wildman–Crippen LogP) is 8.97. The number of Topliss-reactive ketones (excluding diaryl/α,β-unsaturated/α-hetero) is 2. The molecule has 0 saturated heterocycles. The maximum absolute atomic E-state index is 13.5. The summed E-state index contributed by atoms with van der Waals surface area (Å²) in [6.07, 6.45) is 6.61. The zero-order chi connectivity index (χ0) is 42.2. The maximum atomic E-state index is 13.5. The lowest BCUT2D eigenvalue weighted by molar-refractivity contribution is -0.114. The molecule has 3 aromatic carbocycles. The van der Waals surface area contributed by atoms with E-state index in [9.17, 15) is 30.0 Å². The summed E-state index contributed by atoms with van der Waals surface area (Å²) in [6.45, 7) is 19.8. The fourth-order valence-corrected chi connectivity index (χ4v) is 8.95. The number of fused-ring (bicyclic) bond motifs is 2. The molecule has 0 bridgehead atoms. The molecule has 0 fully saturated rings. The van der Waals surface area contributed by atoms with E-state index in [0.717, 1.165) is 71.4 Å². The van der Waals surface area contributed by atoms with Gasteiger partial charge in [0.25, 0.3) is 0 Å². The van der Waals surface area contributed by atoms with Gasteiger partial charge in [-0.1, -0.05) is 27.7 Å². The summed E-state index contributed by atoms with van der Waals surface area (Å²) in [5.74, 6) is -0.705. The summed E-state index contributed by atoms with van der Waals surface area (Å²) in [5, 5.41) is 43.8. The third-order valence-electron chi connectivity index (χ3n) is 12.6. The molecule has 0 aromatic heterocycles. The van der Waals surface area contributed by atoms with Crippen molar-refractivity contribution in [1.29, 1.82) is 0 Å². The summed E-state index contributed by atoms with van der Waals surface area (Å²) in [4.78, 5) is 35.3. The van der Waals surface area contributed by atoms with Gasteiger partial charge in [-0.05, 0) is 99.5 Å². The molecule has 0 atom stereocenters. The Kier molecular flexibility index (Phi) is 9.90. The number of nitrogens with zero attached hydrogens (tertiary/aromatic N) is 4. The molecule has 302 valence electrons. The molecule has 3 aromatic rings. The minimum Gasteiger partial charge on any atom is -0.507 e. The van der Waals surface area contributed by atoms with Crippen LogP contribution in [0.2, 0.25) is 0 Å². The van der Waals surface area contributed by atoms with Crippen molar-refractivity contribution < 1.29 is 30.0 Å². The summed E-state index contributed by atoms with van der Waals surface area (Å²) < 4.78 is 0. The molecule has 2 aliphatic carbocycles. The molecule has 0 spiro atoms. The number of aliphatic hydroxyl groups is 2. The van der Waals surface area contributed by atoms with Crippen LogP contribution in [0, 0.1) is 0 Å². The summed E-state index contributed by atoms with van der Waals surface area (Å²) in [7, 11) is 3.92. The number of likely N-dealkylation sites (N-methyl/N-ethyl adjacent to an activating group) is 2. The maximum Gasteiger partial charge on any atom is 0.200 e. The highest BCUT2D eigenvalue weighted by atomic mass is 16.3. The van der Waals surface area contributed by atoms with E-state index < -0.39 is 10.8 Å². The molecule has 0 unspecified atom stereocenters. The van der Waals surface area contributed by atoms with Gasteiger partial charge in [-0.3, -0.25) is 9.59 Å². The molecule has 10 heteroatoms. The van der Waals surface area contributed by atoms with E-state index in [1.165, 1.54) is 12.2 Å². The molecular formula is C48H54N4O6. The van der Waals surface area contributed by atoms with Gasteiger partial charge in [0, 0.05) is 109 Å². The van der Waals surface area contributed by atoms with Crippen molar-refractivity contribution in [1.82, 2.24) is 0 Å². The molecule has 0 saturated carbocycles. The second kappa shape index (κ2) is 14.3. The number of hydrogen-bond donors (Lipinski definition) is 4. The Bertz CT molecular complexity index is 2300. The van der Waals surface area contributed by atoms with Gasteiger partial charge in [0.05, 0.1) is 22.3 Å². The third kappa shape index (κ3) is 6.08. The van der Waals surface area contributed by atoms with Gasteiger partial charge >= 0.3 is 0 Å². The molecule has 10 nitrogen and oxygen atoms in total. The first-order chi connectivity index (χ1) is 27.4. The number of rotatable bonds is 10. The first-order valence-electron chi connectivity index (χ1n) is 20.1. The van der Waals surface area contributed by atoms with Gasteiger partial charge in [0.15, 0.2) is 0 Å². The van der Waals surface area contributed by atoms with Crippen molar-refractivity contribution in [3.8, 4) is 11.5 Å². The van der Waals surface area contributed by atoms with E-state index in [1.54, 1.807) is 36.4 Å². The number of phenolic OH excluding ortho intramolecular Hbond substituents is 2. The number of ketones is 2. The second-order valence-electron chi connectivity index (χ2n) is 16.4. The number of aliphatic hydroxyl groups excluding tert-OH is 2. The number of carbonyl (C=O) groups is 2. The van der Waals surface area contributed by atoms with Gasteiger partial charge in [-0.2, -0.15) is 0 Å². The highest BCUT2D eigenvalue weighted by Crippen LogP contribution is 2.56. The Labute approximate surface area is 341 Å². The van der Waals surface area contributed by atoms with E-state index in [2.05, 4.69) is 59.4 Å². The standard InChI is InChI=1S/C48H54N4O6/c1-11-51(12-2)29-17-15-27(39(53)21-29)19-31-43(55)33(44(31)56)23-41-47(5,6)35-25-38-36(26-37(35)49(41)9)48(7,8)42(50(38)10)24-34-45(57)32(46(34)58)20-28-16-18-30(22-40(28)54)52(13-3)14-4/h15-26,53-55,57H,11-14H2,1-10H3. The number of phenols is 2. The topological polar surface area (TPSA) is 128 Å². The van der Waals surface area contributed by atoms with Crippen LogP contribution < -0.4 is 19.6 Å². The Morgan fingerprint density at radius 3 is 1.19 bits per heavy atom. The molecular weight excluding hydrogens is 729 g/mol. The van der Waals surface area contributed by atoms with Gasteiger partial charge in [0.2, 0.25) is 11.6 Å². The SMILES string of the molecule is CCN(CC)c1ccc(C=C2C(=O)C(C=C3N(C)c4cc5c(cc4C3(C)C)N(C)C(=CC3=C(O)C(=Cc4ccc(N(CC)CC)cc4O)C3=O)C5(C)C)=C2O)c(O)c1. The van der Waals surface area contributed by atoms with Gasteiger partial charge < -0.3 is 40.0 Å². The van der Waals surface area contributed by atoms with Crippen LogP contribution in [-0.2, 0) is 20.4 Å². The minimum atomic E-state index is -0.540. The largest absolute Gasteiger partial charge is 0.507 e. The molecule has 0 amide bonds. The fraction of sp³-hybridized carbons (Fsp3) is 0.333. The van der Waals surface area contributed by atoms with E-state index >= 15 is 0 Å². The number of anilines is 4. The highest BCUT2D eigenvalue weighted by Gasteiger charge is 2.47. The summed E-state index contributed by atoms with van der Waals surface area (Å²) in [6, 6.07) is 15.0. The Balaban J connectivity index is 1.16. The second-order valence-corrected chi connectivity index (χ2v) is 16.4. The molecule has 58 heavy (non-hydrogen) atoms. The first kappa shape index (κ1) is 40.1. The Morgan fingerprint density at radius 1 is 0.552 bits per heavy atom. The summed E-state index contributed by atoms with van der Waals surface area (Å²) >= 11 is 0. The van der Waals surface area contributed by atoms with Gasteiger partial charge in [0.1, 0.15) is 23.0 Å². The molecule has 2 aliphatic heterocycles. The Hall–Kier alpha value is -6.16. The van der Waals surface area contributed by atoms with E-state index in [1.807, 2.05) is 53.9 Å². The molecule has 7 rings (SSSR count). The number of hydrogen-bond acceptors (Lipinski definition) is 10. The normalized spacial score (nSPS) is 20.7. The van der Waals surface area contributed by atoms with Crippen LogP contribution in [0.25, 0.3) is 12.2 Å². The quantitative estimate of drug-likeness (QED) is 0.148. The van der Waals surface area contributed by atoms with Crippen LogP contribution in [0.1, 0.15) is 77.6 Å². The van der Waals surface area contributed by atoms with Gasteiger partial charge in [-0.15, -0.1) is 0 Å². The Morgan fingerprint density at radius 2 is 0.897 bits per heavy atom. The lowest BCUT2D eigenvalue weighted by Crippen LogP contribution is -2.27. The van der Waals surface area contributed by atoms with Crippen molar-refractivity contribution in [2.45, 2.75) is 66.2 Å². The van der Waals surface area contributed by atoms with Crippen LogP contribution in [-0.4, -0.2) is 72.3 Å². The van der Waals surface area contributed by atoms with E-state index in [4.69, 9.17) is 0 Å². The van der Waals surface area contributed by atoms with E-state index in [0.29, 0.717) is 11.1 Å². The van der Waals surface area contributed by atoms with Crippen LogP contribution in [0.4, 0.5) is 22.7 Å². The van der Waals surface area contributed by atoms with Crippen molar-refractivity contribution in [3.05, 3.63) is 128 Å². The van der Waals surface area contributed by atoms with Crippen molar-refractivity contribution >= 4 is 46.5 Å². The smallest absolute Gasteiger partial charge is 0.200 e. The lowest BCUT2D eigenvalue weighted by Gasteiger charge is -2.28. The van der Waals surface area contributed by atoms with Crippen molar-refractivity contribution in [2.24, 2.45) is 0 Å². The zero-order valence-corrected chi connectivity index (χ0v) is 35.2. The lowest BCUT2D eigenvalue weighted by atomic mass is 9.78. The average Bonchev–Trinajstić information content (AvgIpc) is 3.50. The molecule has 4 aliphatic rings. The highest BCUT2D eigenvalue weighted by molar-refractivity contribution is 6.24. The molecule has 4 N–H and O–H groups in total. The number of aromatic hydroxyl groups is 2. The van der Waals surface area contributed by atoms with Gasteiger partial charge in [-0.25, -0.2) is 0 Å². The van der Waals surface area contributed by atoms with Crippen LogP contribution >= 0.6 is 0 Å². The van der Waals surface area contributed by atoms with Crippen LogP contribution in [0.3, 0.4) is 0 Å². The minimum absolute atomic E-state index is 0.0403. The number of allylic oxidation sites excluding steroid dienone is 8. The third-order valence-corrected chi connectivity index (χ3v) is 12.6. The summed E-state index contributed by atoms with van der Waals surface area (Å²) in [5.41, 5.74) is 8.11. The predicted molar refractivity (Wildman–Crippen MR) is 234 cm³/mol. The van der Waals surface area contributed by atoms with Crippen LogP contribution in [0.5, 0.6) is 11.5 Å². The van der Waals surface area contributed by atoms with Crippen molar-refractivity contribution in [2.75, 3.05) is 59.9 Å². The average molecular weight is 783 g/mol.